The first-order valence-corrected chi connectivity index (χ1v) is 9.42. The number of carbonyl (C=O) groups excluding carboxylic acids is 2. The first kappa shape index (κ1) is 23.3. The van der Waals surface area contributed by atoms with Crippen molar-refractivity contribution in [2.24, 2.45) is 5.73 Å². The maximum Gasteiger partial charge on any atom is 0.240 e. The molecule has 0 saturated carbocycles. The van der Waals surface area contributed by atoms with E-state index in [0.717, 1.165) is 11.3 Å². The minimum atomic E-state index is -0.607. The third kappa shape index (κ3) is 6.68. The van der Waals surface area contributed by atoms with Gasteiger partial charge >= 0.3 is 0 Å². The molecule has 1 saturated heterocycles. The number of nitrogens with one attached hydrogen (secondary N) is 2. The van der Waals surface area contributed by atoms with Crippen molar-refractivity contribution in [3.05, 3.63) is 30.1 Å². The zero-order valence-corrected chi connectivity index (χ0v) is 16.4. The van der Waals surface area contributed by atoms with E-state index in [-0.39, 0.29) is 42.1 Å². The van der Waals surface area contributed by atoms with E-state index in [1.54, 1.807) is 35.9 Å². The Kier molecular flexibility index (Phi) is 11.5. The molecule has 0 radical (unpaired) electrons. The number of nitrogens with two attached hydrogens (primary N) is 1. The van der Waals surface area contributed by atoms with Crippen LogP contribution in [0.15, 0.2) is 24.5 Å². The van der Waals surface area contributed by atoms with Crippen molar-refractivity contribution in [3.63, 3.8) is 0 Å². The summed E-state index contributed by atoms with van der Waals surface area (Å²) in [5, 5.41) is 6.05. The van der Waals surface area contributed by atoms with E-state index in [2.05, 4.69) is 15.6 Å². The summed E-state index contributed by atoms with van der Waals surface area (Å²) in [5.74, 6) is 0.763. The van der Waals surface area contributed by atoms with Gasteiger partial charge in [0.25, 0.3) is 0 Å². The molecule has 2 heterocycles. The fraction of sp³-hybridized carbons (Fsp3) is 0.500. The zero-order valence-electron chi connectivity index (χ0n) is 13.1. The lowest BCUT2D eigenvalue weighted by Gasteiger charge is -2.18. The monoisotopic (exact) mass is 412 g/mol. The second kappa shape index (κ2) is 11.8. The summed E-state index contributed by atoms with van der Waals surface area (Å²) in [6.07, 6.45) is 6.01. The lowest BCUT2D eigenvalue weighted by molar-refractivity contribution is -0.128. The predicted molar refractivity (Wildman–Crippen MR) is 105 cm³/mol. The van der Waals surface area contributed by atoms with E-state index >= 15 is 0 Å². The molecule has 1 aromatic heterocycles. The van der Waals surface area contributed by atoms with Crippen LogP contribution >= 0.6 is 48.3 Å². The SMILES string of the molecule is CSCC[C@H](NC(=O)C1CSC(c2cccnc2)N1)C(N)=O.Cl.Cl. The third-order valence-corrected chi connectivity index (χ3v) is 5.27. The van der Waals surface area contributed by atoms with Crippen molar-refractivity contribution in [1.82, 2.24) is 15.6 Å². The van der Waals surface area contributed by atoms with Crippen LogP contribution in [-0.2, 0) is 9.59 Å². The van der Waals surface area contributed by atoms with Crippen LogP contribution in [0.4, 0.5) is 0 Å². The number of hydrogen-bond acceptors (Lipinski definition) is 6. The molecule has 0 spiro atoms. The minimum Gasteiger partial charge on any atom is -0.368 e. The number of carbonyl (C=O) groups is 2. The first-order chi connectivity index (χ1) is 10.6. The Morgan fingerprint density at radius 1 is 1.54 bits per heavy atom. The Labute approximate surface area is 162 Å². The van der Waals surface area contributed by atoms with Gasteiger partial charge in [0.05, 0.1) is 11.4 Å². The number of nitrogens with zero attached hydrogens (tertiary/aromatic N) is 1. The summed E-state index contributed by atoms with van der Waals surface area (Å²) in [4.78, 5) is 27.8. The summed E-state index contributed by atoms with van der Waals surface area (Å²) in [6.45, 7) is 0. The van der Waals surface area contributed by atoms with Gasteiger partial charge in [0.1, 0.15) is 6.04 Å². The summed E-state index contributed by atoms with van der Waals surface area (Å²) in [5.41, 5.74) is 6.38. The highest BCUT2D eigenvalue weighted by atomic mass is 35.5. The molecule has 2 unspecified atom stereocenters. The maximum absolute atomic E-state index is 12.3. The Morgan fingerprint density at radius 3 is 2.88 bits per heavy atom. The standard InChI is InChI=1S/C14H20N4O2S2.2ClH/c1-21-6-4-10(12(15)19)17-13(20)11-8-22-14(18-11)9-3-2-5-16-7-9;;/h2-3,5,7,10-11,14,18H,4,6,8H2,1H3,(H2,15,19)(H,17,20);2*1H/t10-,11?,14?;;/m0../s1. The predicted octanol–water partition coefficient (Wildman–Crippen LogP) is 1.35. The van der Waals surface area contributed by atoms with Crippen LogP contribution in [0.5, 0.6) is 0 Å². The van der Waals surface area contributed by atoms with Crippen LogP contribution in [0.3, 0.4) is 0 Å². The van der Waals surface area contributed by atoms with Crippen LogP contribution in [0.25, 0.3) is 0 Å². The number of rotatable bonds is 7. The fourth-order valence-electron chi connectivity index (χ4n) is 2.14. The molecule has 6 nitrogen and oxygen atoms in total. The van der Waals surface area contributed by atoms with Gasteiger partial charge in [0.2, 0.25) is 11.8 Å². The van der Waals surface area contributed by atoms with Crippen molar-refractivity contribution in [3.8, 4) is 0 Å². The lowest BCUT2D eigenvalue weighted by atomic mass is 10.2. The number of thioether (sulfide) groups is 2. The highest BCUT2D eigenvalue weighted by molar-refractivity contribution is 7.99. The molecule has 0 aromatic carbocycles. The third-order valence-electron chi connectivity index (χ3n) is 3.36. The van der Waals surface area contributed by atoms with Gasteiger partial charge in [-0.05, 0) is 30.1 Å². The molecule has 2 rings (SSSR count). The van der Waals surface area contributed by atoms with Gasteiger partial charge in [0.15, 0.2) is 0 Å². The quantitative estimate of drug-likeness (QED) is 0.625. The number of hydrogen-bond donors (Lipinski definition) is 3. The van der Waals surface area contributed by atoms with Gasteiger partial charge in [-0.25, -0.2) is 0 Å². The second-order valence-electron chi connectivity index (χ2n) is 4.96. The Hall–Kier alpha value is -0.670. The zero-order chi connectivity index (χ0) is 15.9. The molecule has 1 aliphatic heterocycles. The van der Waals surface area contributed by atoms with Crippen LogP contribution < -0.4 is 16.4 Å². The molecule has 24 heavy (non-hydrogen) atoms. The van der Waals surface area contributed by atoms with Gasteiger partial charge in [-0.1, -0.05) is 6.07 Å². The molecular weight excluding hydrogens is 391 g/mol. The maximum atomic E-state index is 12.3. The van der Waals surface area contributed by atoms with Crippen molar-refractivity contribution >= 4 is 60.2 Å². The Morgan fingerprint density at radius 2 is 2.29 bits per heavy atom. The van der Waals surface area contributed by atoms with E-state index in [9.17, 15) is 9.59 Å². The van der Waals surface area contributed by atoms with Gasteiger partial charge in [-0.15, -0.1) is 36.6 Å². The molecule has 4 N–H and O–H groups in total. The number of aromatic nitrogens is 1. The van der Waals surface area contributed by atoms with Gasteiger partial charge in [-0.3, -0.25) is 19.9 Å². The molecule has 1 aliphatic rings. The normalized spacial score (nSPS) is 20.4. The molecule has 1 fully saturated rings. The van der Waals surface area contributed by atoms with Crippen LogP contribution in [0.1, 0.15) is 17.4 Å². The minimum absolute atomic E-state index is 0. The van der Waals surface area contributed by atoms with Crippen LogP contribution in [0, 0.1) is 0 Å². The van der Waals surface area contributed by atoms with E-state index in [1.165, 1.54) is 0 Å². The lowest BCUT2D eigenvalue weighted by Crippen LogP contribution is -2.51. The van der Waals surface area contributed by atoms with Crippen molar-refractivity contribution in [1.29, 1.82) is 0 Å². The van der Waals surface area contributed by atoms with Crippen LogP contribution in [0.2, 0.25) is 0 Å². The highest BCUT2D eigenvalue weighted by Crippen LogP contribution is 2.32. The fourth-order valence-corrected chi connectivity index (χ4v) is 3.84. The second-order valence-corrected chi connectivity index (χ2v) is 7.09. The van der Waals surface area contributed by atoms with Crippen molar-refractivity contribution < 1.29 is 9.59 Å². The van der Waals surface area contributed by atoms with E-state index < -0.39 is 11.9 Å². The molecule has 3 atom stereocenters. The van der Waals surface area contributed by atoms with E-state index in [0.29, 0.717) is 12.2 Å². The number of pyridine rings is 1. The smallest absolute Gasteiger partial charge is 0.240 e. The number of primary amides is 1. The Bertz CT molecular complexity index is 525. The largest absolute Gasteiger partial charge is 0.368 e. The first-order valence-electron chi connectivity index (χ1n) is 6.98. The molecular formula is C14H22Cl2N4O2S2. The molecule has 136 valence electrons. The summed E-state index contributed by atoms with van der Waals surface area (Å²) < 4.78 is 0. The van der Waals surface area contributed by atoms with E-state index in [4.69, 9.17) is 5.73 Å². The molecule has 0 aliphatic carbocycles. The van der Waals surface area contributed by atoms with Crippen molar-refractivity contribution in [2.75, 3.05) is 17.8 Å². The average Bonchev–Trinajstić information content (AvgIpc) is 3.02. The topological polar surface area (TPSA) is 97.1 Å². The van der Waals surface area contributed by atoms with Gasteiger partial charge < -0.3 is 11.1 Å². The Balaban J connectivity index is 0.00000264. The summed E-state index contributed by atoms with van der Waals surface area (Å²) >= 11 is 3.27. The number of amides is 2. The van der Waals surface area contributed by atoms with Crippen molar-refractivity contribution in [2.45, 2.75) is 23.9 Å². The highest BCUT2D eigenvalue weighted by Gasteiger charge is 2.32. The van der Waals surface area contributed by atoms with Gasteiger partial charge in [-0.2, -0.15) is 11.8 Å². The van der Waals surface area contributed by atoms with Gasteiger partial charge in [0, 0.05) is 18.1 Å². The molecule has 10 heteroatoms. The summed E-state index contributed by atoms with van der Waals surface area (Å²) in [7, 11) is 0. The average molecular weight is 413 g/mol. The van der Waals surface area contributed by atoms with Crippen LogP contribution in [-0.4, -0.2) is 46.6 Å². The number of halogens is 2. The molecule has 2 amide bonds. The summed E-state index contributed by atoms with van der Waals surface area (Å²) in [6, 6.07) is 2.91. The molecule has 1 aromatic rings. The van der Waals surface area contributed by atoms with E-state index in [1.807, 2.05) is 18.4 Å². The molecule has 0 bridgehead atoms.